The molecule has 7 nitrogen and oxygen atoms in total. The summed E-state index contributed by atoms with van der Waals surface area (Å²) in [6.07, 6.45) is 3.94. The van der Waals surface area contributed by atoms with Crippen LogP contribution in [0.25, 0.3) is 0 Å². The number of nitrogens with zero attached hydrogens (tertiary/aromatic N) is 1. The SMILES string of the molecule is COP(=O)(OC)C(O)(C[N+](=O)[O-])C1CCCCC1. The van der Waals surface area contributed by atoms with E-state index in [1.54, 1.807) is 0 Å². The van der Waals surface area contributed by atoms with Gasteiger partial charge < -0.3 is 14.2 Å². The summed E-state index contributed by atoms with van der Waals surface area (Å²) >= 11 is 0. The Hall–Kier alpha value is -0.490. The summed E-state index contributed by atoms with van der Waals surface area (Å²) in [4.78, 5) is 10.1. The van der Waals surface area contributed by atoms with Crippen molar-refractivity contribution >= 4 is 7.60 Å². The van der Waals surface area contributed by atoms with Gasteiger partial charge in [0.25, 0.3) is 0 Å². The average Bonchev–Trinajstić information content (AvgIpc) is 2.37. The fourth-order valence-electron chi connectivity index (χ4n) is 2.58. The molecule has 0 radical (unpaired) electrons. The first kappa shape index (κ1) is 15.6. The Balaban J connectivity index is 3.07. The topological polar surface area (TPSA) is 98.9 Å². The molecule has 1 N–H and O–H groups in total. The lowest BCUT2D eigenvalue weighted by Gasteiger charge is -2.38. The van der Waals surface area contributed by atoms with Crippen LogP contribution in [-0.2, 0) is 13.6 Å². The second-order valence-corrected chi connectivity index (χ2v) is 7.07. The molecule has 0 bridgehead atoms. The minimum Gasteiger partial charge on any atom is -0.372 e. The smallest absolute Gasteiger partial charge is 0.368 e. The third kappa shape index (κ3) is 2.91. The maximum absolute atomic E-state index is 12.4. The van der Waals surface area contributed by atoms with Gasteiger partial charge in [-0.2, -0.15) is 0 Å². The van der Waals surface area contributed by atoms with E-state index in [1.807, 2.05) is 0 Å². The molecule has 8 heteroatoms. The van der Waals surface area contributed by atoms with Crippen molar-refractivity contribution in [1.82, 2.24) is 0 Å². The van der Waals surface area contributed by atoms with Gasteiger partial charge in [-0.15, -0.1) is 0 Å². The van der Waals surface area contributed by atoms with Crippen molar-refractivity contribution in [2.45, 2.75) is 37.4 Å². The zero-order valence-electron chi connectivity index (χ0n) is 10.7. The van der Waals surface area contributed by atoms with E-state index in [1.165, 1.54) is 0 Å². The van der Waals surface area contributed by atoms with Crippen LogP contribution in [0.2, 0.25) is 0 Å². The molecule has 18 heavy (non-hydrogen) atoms. The quantitative estimate of drug-likeness (QED) is 0.454. The van der Waals surface area contributed by atoms with Gasteiger partial charge in [-0.25, -0.2) is 0 Å². The highest BCUT2D eigenvalue weighted by atomic mass is 31.2. The van der Waals surface area contributed by atoms with Crippen molar-refractivity contribution in [2.24, 2.45) is 5.92 Å². The molecule has 1 unspecified atom stereocenters. The molecule has 0 spiro atoms. The standard InChI is InChI=1S/C10H20NO6P/c1-16-18(15,17-2)10(12,8-11(13)14)9-6-4-3-5-7-9/h9,12H,3-8H2,1-2H3. The van der Waals surface area contributed by atoms with Gasteiger partial charge in [0.2, 0.25) is 11.9 Å². The number of hydrogen-bond acceptors (Lipinski definition) is 6. The molecule has 0 aromatic carbocycles. The Bertz CT molecular complexity index is 335. The zero-order chi connectivity index (χ0) is 13.8. The van der Waals surface area contributed by atoms with E-state index in [0.29, 0.717) is 12.8 Å². The summed E-state index contributed by atoms with van der Waals surface area (Å²) in [5.74, 6) is -0.428. The van der Waals surface area contributed by atoms with Gasteiger partial charge in [-0.05, 0) is 12.8 Å². The molecule has 1 fully saturated rings. The maximum atomic E-state index is 12.4. The van der Waals surface area contributed by atoms with E-state index < -0.39 is 30.3 Å². The summed E-state index contributed by atoms with van der Waals surface area (Å²) in [5.41, 5.74) is 0. The van der Waals surface area contributed by atoms with Crippen LogP contribution < -0.4 is 0 Å². The second kappa shape index (κ2) is 6.10. The minimum atomic E-state index is -3.91. The van der Waals surface area contributed by atoms with E-state index in [2.05, 4.69) is 0 Å². The van der Waals surface area contributed by atoms with Crippen molar-refractivity contribution in [3.63, 3.8) is 0 Å². The molecule has 1 aliphatic carbocycles. The Morgan fingerprint density at radius 2 is 1.83 bits per heavy atom. The highest BCUT2D eigenvalue weighted by Crippen LogP contribution is 2.62. The van der Waals surface area contributed by atoms with Crippen LogP contribution >= 0.6 is 7.60 Å². The van der Waals surface area contributed by atoms with Gasteiger partial charge in [0.1, 0.15) is 0 Å². The number of hydrogen-bond donors (Lipinski definition) is 1. The van der Waals surface area contributed by atoms with Crippen LogP contribution in [0.15, 0.2) is 0 Å². The third-order valence-corrected chi connectivity index (χ3v) is 5.99. The largest absolute Gasteiger partial charge is 0.372 e. The van der Waals surface area contributed by atoms with Gasteiger partial charge in [0.05, 0.1) is 0 Å². The Labute approximate surface area is 106 Å². The molecule has 0 aromatic rings. The van der Waals surface area contributed by atoms with Crippen LogP contribution in [0.5, 0.6) is 0 Å². The number of aliphatic hydroxyl groups is 1. The monoisotopic (exact) mass is 281 g/mol. The van der Waals surface area contributed by atoms with E-state index in [-0.39, 0.29) is 0 Å². The van der Waals surface area contributed by atoms with Crippen molar-refractivity contribution in [1.29, 1.82) is 0 Å². The highest BCUT2D eigenvalue weighted by molar-refractivity contribution is 7.55. The van der Waals surface area contributed by atoms with E-state index in [9.17, 15) is 19.8 Å². The molecule has 1 atom stereocenters. The summed E-state index contributed by atoms with van der Waals surface area (Å²) in [5, 5.41) is 19.3. The summed E-state index contributed by atoms with van der Waals surface area (Å²) in [6, 6.07) is 0. The molecule has 0 aromatic heterocycles. The highest BCUT2D eigenvalue weighted by Gasteiger charge is 2.58. The van der Waals surface area contributed by atoms with Crippen molar-refractivity contribution in [3.8, 4) is 0 Å². The Morgan fingerprint density at radius 3 is 2.22 bits per heavy atom. The molecule has 1 aliphatic rings. The lowest BCUT2D eigenvalue weighted by atomic mass is 9.85. The van der Waals surface area contributed by atoms with Crippen LogP contribution in [0, 0.1) is 16.0 Å². The lowest BCUT2D eigenvalue weighted by Crippen LogP contribution is -2.45. The first-order valence-electron chi connectivity index (χ1n) is 5.95. The normalized spacial score (nSPS) is 21.5. The Kier molecular flexibility index (Phi) is 5.28. The van der Waals surface area contributed by atoms with Gasteiger partial charge in [-0.3, -0.25) is 14.7 Å². The average molecular weight is 281 g/mol. The van der Waals surface area contributed by atoms with Crippen LogP contribution in [0.3, 0.4) is 0 Å². The van der Waals surface area contributed by atoms with E-state index in [0.717, 1.165) is 33.5 Å². The fourth-order valence-corrected chi connectivity index (χ4v) is 4.36. The maximum Gasteiger partial charge on any atom is 0.368 e. The van der Waals surface area contributed by atoms with E-state index in [4.69, 9.17) is 9.05 Å². The third-order valence-electron chi connectivity index (χ3n) is 3.58. The molecule has 1 saturated carbocycles. The second-order valence-electron chi connectivity index (χ2n) is 4.57. The number of rotatable bonds is 6. The van der Waals surface area contributed by atoms with Crippen molar-refractivity contribution < 1.29 is 23.6 Å². The first-order valence-corrected chi connectivity index (χ1v) is 7.49. The molecule has 0 heterocycles. The first-order chi connectivity index (χ1) is 8.39. The zero-order valence-corrected chi connectivity index (χ0v) is 11.6. The van der Waals surface area contributed by atoms with Gasteiger partial charge in [0, 0.05) is 25.1 Å². The van der Waals surface area contributed by atoms with Crippen LogP contribution in [0.4, 0.5) is 0 Å². The minimum absolute atomic E-state index is 0.428. The summed E-state index contributed by atoms with van der Waals surface area (Å²) < 4.78 is 22.0. The van der Waals surface area contributed by atoms with Gasteiger partial charge in [0.15, 0.2) is 0 Å². The van der Waals surface area contributed by atoms with Gasteiger partial charge in [-0.1, -0.05) is 19.3 Å². The number of nitro groups is 1. The molecular formula is C10H20NO6P. The van der Waals surface area contributed by atoms with Crippen LogP contribution in [-0.4, -0.2) is 36.1 Å². The molecular weight excluding hydrogens is 261 g/mol. The predicted octanol–water partition coefficient (Wildman–Crippen LogP) is 2.02. The summed E-state index contributed by atoms with van der Waals surface area (Å²) in [7, 11) is -1.64. The fraction of sp³-hybridized carbons (Fsp3) is 1.00. The molecule has 0 amide bonds. The lowest BCUT2D eigenvalue weighted by molar-refractivity contribution is -0.497. The molecule has 106 valence electrons. The van der Waals surface area contributed by atoms with Crippen molar-refractivity contribution in [3.05, 3.63) is 10.1 Å². The van der Waals surface area contributed by atoms with Crippen molar-refractivity contribution in [2.75, 3.05) is 20.8 Å². The molecule has 0 saturated heterocycles. The van der Waals surface area contributed by atoms with E-state index >= 15 is 0 Å². The molecule has 1 rings (SSSR count). The predicted molar refractivity (Wildman–Crippen MR) is 65.0 cm³/mol. The Morgan fingerprint density at radius 1 is 1.33 bits per heavy atom. The van der Waals surface area contributed by atoms with Gasteiger partial charge >= 0.3 is 7.60 Å². The molecule has 0 aliphatic heterocycles. The summed E-state index contributed by atoms with van der Waals surface area (Å²) in [6.45, 7) is -0.823. The van der Waals surface area contributed by atoms with Crippen LogP contribution in [0.1, 0.15) is 32.1 Å².